The van der Waals surface area contributed by atoms with Crippen LogP contribution in [0.3, 0.4) is 0 Å². The van der Waals surface area contributed by atoms with Crippen molar-refractivity contribution in [1.82, 2.24) is 9.88 Å². The van der Waals surface area contributed by atoms with Crippen LogP contribution < -0.4 is 20.3 Å². The molecule has 1 aliphatic rings. The molecule has 31 heavy (non-hydrogen) atoms. The number of pyridine rings is 1. The molecule has 0 spiro atoms. The van der Waals surface area contributed by atoms with Gasteiger partial charge in [-0.3, -0.25) is 9.59 Å². The molecule has 160 valence electrons. The van der Waals surface area contributed by atoms with Crippen LogP contribution >= 0.6 is 0 Å². The molecule has 1 N–H and O–H groups in total. The first-order valence-electron chi connectivity index (χ1n) is 10.4. The predicted molar refractivity (Wildman–Crippen MR) is 120 cm³/mol. The first kappa shape index (κ1) is 20.7. The molecule has 0 bridgehead atoms. The van der Waals surface area contributed by atoms with E-state index in [-0.39, 0.29) is 18.0 Å². The van der Waals surface area contributed by atoms with Gasteiger partial charge < -0.3 is 19.4 Å². The van der Waals surface area contributed by atoms with E-state index in [1.54, 1.807) is 24.9 Å². The third-order valence-electron chi connectivity index (χ3n) is 5.70. The van der Waals surface area contributed by atoms with Crippen LogP contribution in [0.25, 0.3) is 11.1 Å². The molecule has 3 aromatic rings. The van der Waals surface area contributed by atoms with Crippen molar-refractivity contribution in [1.29, 1.82) is 0 Å². The lowest BCUT2D eigenvalue weighted by Crippen LogP contribution is -2.33. The monoisotopic (exact) mass is 418 g/mol. The van der Waals surface area contributed by atoms with Gasteiger partial charge in [-0.1, -0.05) is 30.3 Å². The Morgan fingerprint density at radius 2 is 1.84 bits per heavy atom. The van der Waals surface area contributed by atoms with E-state index in [9.17, 15) is 9.59 Å². The van der Waals surface area contributed by atoms with Crippen molar-refractivity contribution in [3.63, 3.8) is 0 Å². The van der Waals surface area contributed by atoms with Gasteiger partial charge in [-0.15, -0.1) is 0 Å². The maximum Gasteiger partial charge on any atom is 0.253 e. The highest BCUT2D eigenvalue weighted by molar-refractivity contribution is 6.02. The van der Waals surface area contributed by atoms with E-state index in [0.717, 1.165) is 29.7 Å². The topological polar surface area (TPSA) is 69.6 Å². The number of nitrogens with one attached hydrogen (secondary N) is 1. The van der Waals surface area contributed by atoms with Gasteiger partial charge in [-0.25, -0.2) is 0 Å². The van der Waals surface area contributed by atoms with Crippen molar-refractivity contribution in [2.24, 2.45) is 0 Å². The SMILES string of the molecule is COc1ccc(OC)c(CNC(=O)c2c(-c3ccccc3)cc(=O)n3c2CCCC3)c1. The fraction of sp³-hybridized carbons (Fsp3) is 0.280. The summed E-state index contributed by atoms with van der Waals surface area (Å²) < 4.78 is 12.5. The van der Waals surface area contributed by atoms with E-state index < -0.39 is 0 Å². The molecule has 0 saturated heterocycles. The van der Waals surface area contributed by atoms with Gasteiger partial charge in [0.25, 0.3) is 11.5 Å². The molecular weight excluding hydrogens is 392 g/mol. The number of methoxy groups -OCH3 is 2. The average molecular weight is 418 g/mol. The van der Waals surface area contributed by atoms with Crippen LogP contribution in [0.1, 0.15) is 34.5 Å². The maximum atomic E-state index is 13.5. The summed E-state index contributed by atoms with van der Waals surface area (Å²) in [6.45, 7) is 0.930. The maximum absolute atomic E-state index is 13.5. The standard InChI is InChI=1S/C25H26N2O4/c1-30-19-11-12-22(31-2)18(14-19)16-26-25(29)24-20(17-8-4-3-5-9-17)15-23(28)27-13-7-6-10-21(24)27/h3-5,8-9,11-12,14-15H,6-7,10,13,16H2,1-2H3,(H,26,29). The van der Waals surface area contributed by atoms with E-state index in [1.165, 1.54) is 0 Å². The molecule has 1 amide bonds. The molecule has 0 atom stereocenters. The summed E-state index contributed by atoms with van der Waals surface area (Å²) in [5.41, 5.74) is 3.68. The summed E-state index contributed by atoms with van der Waals surface area (Å²) in [7, 11) is 3.20. The Morgan fingerprint density at radius 3 is 2.58 bits per heavy atom. The summed E-state index contributed by atoms with van der Waals surface area (Å²) in [4.78, 5) is 26.2. The van der Waals surface area contributed by atoms with Gasteiger partial charge in [-0.2, -0.15) is 0 Å². The van der Waals surface area contributed by atoms with Crippen molar-refractivity contribution in [2.45, 2.75) is 32.4 Å². The van der Waals surface area contributed by atoms with Crippen LogP contribution in [-0.2, 0) is 19.5 Å². The van der Waals surface area contributed by atoms with Crippen LogP contribution in [-0.4, -0.2) is 24.7 Å². The molecule has 1 aromatic heterocycles. The summed E-state index contributed by atoms with van der Waals surface area (Å²) in [6.07, 6.45) is 2.61. The molecule has 0 radical (unpaired) electrons. The second kappa shape index (κ2) is 9.08. The number of benzene rings is 2. The smallest absolute Gasteiger partial charge is 0.253 e. The molecule has 2 heterocycles. The first-order chi connectivity index (χ1) is 15.1. The Balaban J connectivity index is 1.73. The van der Waals surface area contributed by atoms with Gasteiger partial charge in [0, 0.05) is 36.0 Å². The molecule has 0 fully saturated rings. The van der Waals surface area contributed by atoms with E-state index >= 15 is 0 Å². The van der Waals surface area contributed by atoms with Crippen LogP contribution in [0.2, 0.25) is 0 Å². The number of ether oxygens (including phenoxy) is 2. The molecule has 0 unspecified atom stereocenters. The number of nitrogens with zero attached hydrogens (tertiary/aromatic N) is 1. The van der Waals surface area contributed by atoms with E-state index in [1.807, 2.05) is 48.5 Å². The third-order valence-corrected chi connectivity index (χ3v) is 5.70. The fourth-order valence-electron chi connectivity index (χ4n) is 4.15. The lowest BCUT2D eigenvalue weighted by molar-refractivity contribution is 0.0948. The van der Waals surface area contributed by atoms with Crippen LogP contribution in [0.4, 0.5) is 0 Å². The Hall–Kier alpha value is -3.54. The summed E-state index contributed by atoms with van der Waals surface area (Å²) in [5, 5.41) is 3.03. The zero-order chi connectivity index (χ0) is 21.8. The number of hydrogen-bond donors (Lipinski definition) is 1. The summed E-state index contributed by atoms with van der Waals surface area (Å²) >= 11 is 0. The Kier molecular flexibility index (Phi) is 6.07. The van der Waals surface area contributed by atoms with Gasteiger partial charge in [0.05, 0.1) is 19.8 Å². The molecule has 1 aliphatic heterocycles. The second-order valence-electron chi connectivity index (χ2n) is 7.55. The van der Waals surface area contributed by atoms with Gasteiger partial charge in [0.15, 0.2) is 0 Å². The van der Waals surface area contributed by atoms with Crippen LogP contribution in [0.15, 0.2) is 59.4 Å². The molecule has 4 rings (SSSR count). The number of rotatable bonds is 6. The number of carbonyl (C=O) groups is 1. The fourth-order valence-corrected chi connectivity index (χ4v) is 4.15. The first-order valence-corrected chi connectivity index (χ1v) is 10.4. The van der Waals surface area contributed by atoms with Gasteiger partial charge in [0.2, 0.25) is 0 Å². The number of carbonyl (C=O) groups excluding carboxylic acids is 1. The zero-order valence-electron chi connectivity index (χ0n) is 17.8. The highest BCUT2D eigenvalue weighted by Gasteiger charge is 2.24. The number of fused-ring (bicyclic) bond motifs is 1. The minimum absolute atomic E-state index is 0.0560. The highest BCUT2D eigenvalue weighted by Crippen LogP contribution is 2.29. The lowest BCUT2D eigenvalue weighted by atomic mass is 9.94. The summed E-state index contributed by atoms with van der Waals surface area (Å²) in [5.74, 6) is 1.17. The van der Waals surface area contributed by atoms with E-state index in [4.69, 9.17) is 9.47 Å². The lowest BCUT2D eigenvalue weighted by Gasteiger charge is -2.23. The van der Waals surface area contributed by atoms with Crippen molar-refractivity contribution >= 4 is 5.91 Å². The molecule has 2 aromatic carbocycles. The number of aromatic nitrogens is 1. The largest absolute Gasteiger partial charge is 0.497 e. The Bertz CT molecular complexity index is 1150. The van der Waals surface area contributed by atoms with Gasteiger partial charge in [0.1, 0.15) is 11.5 Å². The normalized spacial score (nSPS) is 12.7. The van der Waals surface area contributed by atoms with E-state index in [0.29, 0.717) is 35.6 Å². The van der Waals surface area contributed by atoms with Crippen molar-refractivity contribution in [2.75, 3.05) is 14.2 Å². The highest BCUT2D eigenvalue weighted by atomic mass is 16.5. The Morgan fingerprint density at radius 1 is 1.03 bits per heavy atom. The van der Waals surface area contributed by atoms with E-state index in [2.05, 4.69) is 5.32 Å². The third kappa shape index (κ3) is 4.19. The van der Waals surface area contributed by atoms with Gasteiger partial charge >= 0.3 is 0 Å². The van der Waals surface area contributed by atoms with Crippen LogP contribution in [0.5, 0.6) is 11.5 Å². The zero-order valence-corrected chi connectivity index (χ0v) is 17.8. The predicted octanol–water partition coefficient (Wildman–Crippen LogP) is 3.80. The molecule has 6 nitrogen and oxygen atoms in total. The Labute approximate surface area is 181 Å². The van der Waals surface area contributed by atoms with Crippen molar-refractivity contribution in [3.05, 3.63) is 81.8 Å². The molecule has 6 heteroatoms. The molecule has 0 aliphatic carbocycles. The average Bonchev–Trinajstić information content (AvgIpc) is 2.82. The van der Waals surface area contributed by atoms with Crippen molar-refractivity contribution < 1.29 is 14.3 Å². The number of hydrogen-bond acceptors (Lipinski definition) is 4. The van der Waals surface area contributed by atoms with Crippen molar-refractivity contribution in [3.8, 4) is 22.6 Å². The molecular formula is C25H26N2O4. The minimum Gasteiger partial charge on any atom is -0.497 e. The quantitative estimate of drug-likeness (QED) is 0.661. The van der Waals surface area contributed by atoms with Gasteiger partial charge in [-0.05, 0) is 43.0 Å². The molecule has 0 saturated carbocycles. The number of amides is 1. The van der Waals surface area contributed by atoms with Crippen LogP contribution in [0, 0.1) is 0 Å². The summed E-state index contributed by atoms with van der Waals surface area (Å²) in [6, 6.07) is 16.7. The second-order valence-corrected chi connectivity index (χ2v) is 7.55. The minimum atomic E-state index is -0.200.